The number of amides is 1. The first kappa shape index (κ1) is 15.6. The highest BCUT2D eigenvalue weighted by Crippen LogP contribution is 2.16. The van der Waals surface area contributed by atoms with Crippen molar-refractivity contribution in [3.05, 3.63) is 0 Å². The van der Waals surface area contributed by atoms with E-state index in [4.69, 9.17) is 4.74 Å². The normalized spacial score (nSPS) is 31.5. The number of thioether (sulfide) groups is 1. The van der Waals surface area contributed by atoms with Crippen LogP contribution in [0.2, 0.25) is 0 Å². The third-order valence-corrected chi connectivity index (χ3v) is 5.76. The van der Waals surface area contributed by atoms with Crippen molar-refractivity contribution in [2.75, 3.05) is 57.4 Å². The van der Waals surface area contributed by atoms with Crippen LogP contribution in [0.5, 0.6) is 0 Å². The van der Waals surface area contributed by atoms with Crippen LogP contribution >= 0.6 is 11.8 Å². The van der Waals surface area contributed by atoms with Crippen molar-refractivity contribution in [2.45, 2.75) is 31.4 Å². The third kappa shape index (κ3) is 4.58. The van der Waals surface area contributed by atoms with E-state index in [1.165, 1.54) is 18.6 Å². The SMILES string of the molecule is O=C(CC1CSCCN1)N1CCN(CC2CCCO2)CC1. The lowest BCUT2D eigenvalue weighted by Crippen LogP contribution is -2.51. The van der Waals surface area contributed by atoms with Gasteiger partial charge < -0.3 is 15.0 Å². The standard InChI is InChI=1S/C15H27N3O2S/c19-15(10-13-12-21-9-3-16-13)18-6-4-17(5-7-18)11-14-2-1-8-20-14/h13-14,16H,1-12H2. The van der Waals surface area contributed by atoms with Crippen LogP contribution in [0.4, 0.5) is 0 Å². The fourth-order valence-corrected chi connectivity index (χ4v) is 4.30. The number of carbonyl (C=O) groups excluding carboxylic acids is 1. The van der Waals surface area contributed by atoms with Crippen LogP contribution in [0.3, 0.4) is 0 Å². The lowest BCUT2D eigenvalue weighted by atomic mass is 10.1. The summed E-state index contributed by atoms with van der Waals surface area (Å²) in [5.74, 6) is 2.57. The Balaban J connectivity index is 1.37. The van der Waals surface area contributed by atoms with Crippen LogP contribution in [0.1, 0.15) is 19.3 Å². The van der Waals surface area contributed by atoms with E-state index < -0.39 is 0 Å². The van der Waals surface area contributed by atoms with Gasteiger partial charge in [0.25, 0.3) is 0 Å². The number of nitrogens with zero attached hydrogens (tertiary/aromatic N) is 2. The summed E-state index contributed by atoms with van der Waals surface area (Å²) in [6.07, 6.45) is 3.49. The van der Waals surface area contributed by atoms with Crippen molar-refractivity contribution in [2.24, 2.45) is 0 Å². The maximum atomic E-state index is 12.4. The molecule has 3 saturated heterocycles. The Morgan fingerprint density at radius 2 is 2.14 bits per heavy atom. The molecule has 1 N–H and O–H groups in total. The van der Waals surface area contributed by atoms with Gasteiger partial charge in [0.2, 0.25) is 5.91 Å². The van der Waals surface area contributed by atoms with E-state index in [-0.39, 0.29) is 0 Å². The van der Waals surface area contributed by atoms with Crippen LogP contribution in [0.25, 0.3) is 0 Å². The second-order valence-corrected chi connectivity index (χ2v) is 7.40. The molecule has 6 heteroatoms. The summed E-state index contributed by atoms with van der Waals surface area (Å²) in [6.45, 7) is 6.77. The lowest BCUT2D eigenvalue weighted by molar-refractivity contribution is -0.133. The minimum atomic E-state index is 0.326. The fourth-order valence-electron chi connectivity index (χ4n) is 3.35. The highest BCUT2D eigenvalue weighted by atomic mass is 32.2. The van der Waals surface area contributed by atoms with Crippen molar-refractivity contribution in [3.8, 4) is 0 Å². The smallest absolute Gasteiger partial charge is 0.224 e. The van der Waals surface area contributed by atoms with E-state index >= 15 is 0 Å². The number of hydrogen-bond donors (Lipinski definition) is 1. The lowest BCUT2D eigenvalue weighted by Gasteiger charge is -2.36. The molecular formula is C15H27N3O2S. The monoisotopic (exact) mass is 313 g/mol. The molecule has 5 nitrogen and oxygen atoms in total. The van der Waals surface area contributed by atoms with Crippen LogP contribution in [-0.4, -0.2) is 85.2 Å². The van der Waals surface area contributed by atoms with Gasteiger partial charge in [0.1, 0.15) is 0 Å². The highest BCUT2D eigenvalue weighted by Gasteiger charge is 2.26. The highest BCUT2D eigenvalue weighted by molar-refractivity contribution is 7.99. The van der Waals surface area contributed by atoms with Gasteiger partial charge in [0.05, 0.1) is 6.10 Å². The summed E-state index contributed by atoms with van der Waals surface area (Å²) in [5.41, 5.74) is 0. The summed E-state index contributed by atoms with van der Waals surface area (Å²) in [4.78, 5) is 16.9. The predicted molar refractivity (Wildman–Crippen MR) is 85.7 cm³/mol. The molecule has 0 spiro atoms. The topological polar surface area (TPSA) is 44.8 Å². The number of hydrogen-bond acceptors (Lipinski definition) is 5. The van der Waals surface area contributed by atoms with Gasteiger partial charge in [-0.05, 0) is 12.8 Å². The number of rotatable bonds is 4. The van der Waals surface area contributed by atoms with Gasteiger partial charge >= 0.3 is 0 Å². The molecule has 3 fully saturated rings. The average molecular weight is 313 g/mol. The zero-order valence-electron chi connectivity index (χ0n) is 12.8. The van der Waals surface area contributed by atoms with E-state index in [1.54, 1.807) is 0 Å². The Hall–Kier alpha value is -0.300. The molecule has 0 radical (unpaired) electrons. The Morgan fingerprint density at radius 3 is 2.81 bits per heavy atom. The molecule has 3 aliphatic heterocycles. The first-order valence-electron chi connectivity index (χ1n) is 8.24. The van der Waals surface area contributed by atoms with Crippen LogP contribution < -0.4 is 5.32 Å². The number of ether oxygens (including phenoxy) is 1. The molecule has 21 heavy (non-hydrogen) atoms. The molecule has 120 valence electrons. The van der Waals surface area contributed by atoms with Crippen LogP contribution in [0, 0.1) is 0 Å². The Bertz CT molecular complexity index is 336. The van der Waals surface area contributed by atoms with Crippen molar-refractivity contribution in [1.29, 1.82) is 0 Å². The van der Waals surface area contributed by atoms with E-state index in [0.717, 1.165) is 51.6 Å². The predicted octanol–water partition coefficient (Wildman–Crippen LogP) is 0.405. The summed E-state index contributed by atoms with van der Waals surface area (Å²) < 4.78 is 5.70. The van der Waals surface area contributed by atoms with Crippen LogP contribution in [0.15, 0.2) is 0 Å². The summed E-state index contributed by atoms with van der Waals surface area (Å²) in [6, 6.07) is 0.376. The van der Waals surface area contributed by atoms with Crippen molar-refractivity contribution >= 4 is 17.7 Å². The molecule has 0 aromatic heterocycles. The van der Waals surface area contributed by atoms with Crippen LogP contribution in [-0.2, 0) is 9.53 Å². The molecule has 0 aliphatic carbocycles. The largest absolute Gasteiger partial charge is 0.377 e. The summed E-state index contributed by atoms with van der Waals surface area (Å²) >= 11 is 1.95. The molecule has 0 aromatic carbocycles. The third-order valence-electron chi connectivity index (χ3n) is 4.63. The molecule has 0 saturated carbocycles. The first-order valence-corrected chi connectivity index (χ1v) is 9.39. The molecule has 3 heterocycles. The van der Waals surface area contributed by atoms with E-state index in [2.05, 4.69) is 10.2 Å². The quantitative estimate of drug-likeness (QED) is 0.814. The number of carbonyl (C=O) groups is 1. The van der Waals surface area contributed by atoms with Gasteiger partial charge in [0, 0.05) is 69.8 Å². The Morgan fingerprint density at radius 1 is 1.29 bits per heavy atom. The van der Waals surface area contributed by atoms with Gasteiger partial charge in [0.15, 0.2) is 0 Å². The Kier molecular flexibility index (Phi) is 5.80. The van der Waals surface area contributed by atoms with Crippen molar-refractivity contribution in [1.82, 2.24) is 15.1 Å². The van der Waals surface area contributed by atoms with Gasteiger partial charge in [-0.1, -0.05) is 0 Å². The minimum Gasteiger partial charge on any atom is -0.377 e. The second-order valence-electron chi connectivity index (χ2n) is 6.25. The first-order chi connectivity index (χ1) is 10.3. The molecule has 2 unspecified atom stereocenters. The van der Waals surface area contributed by atoms with Crippen molar-refractivity contribution < 1.29 is 9.53 Å². The molecule has 2 atom stereocenters. The van der Waals surface area contributed by atoms with Gasteiger partial charge in [-0.3, -0.25) is 9.69 Å². The maximum Gasteiger partial charge on any atom is 0.224 e. The summed E-state index contributed by atoms with van der Waals surface area (Å²) in [7, 11) is 0. The molecule has 1 amide bonds. The van der Waals surface area contributed by atoms with Gasteiger partial charge in [-0.15, -0.1) is 0 Å². The van der Waals surface area contributed by atoms with E-state index in [0.29, 0.717) is 24.5 Å². The van der Waals surface area contributed by atoms with E-state index in [9.17, 15) is 4.79 Å². The molecule has 3 aliphatic rings. The van der Waals surface area contributed by atoms with Crippen molar-refractivity contribution in [3.63, 3.8) is 0 Å². The minimum absolute atomic E-state index is 0.326. The Labute approximate surface area is 131 Å². The molecule has 0 bridgehead atoms. The number of nitrogens with one attached hydrogen (secondary N) is 1. The molecule has 0 aromatic rings. The van der Waals surface area contributed by atoms with Gasteiger partial charge in [-0.2, -0.15) is 11.8 Å². The molecule has 3 rings (SSSR count). The fraction of sp³-hybridized carbons (Fsp3) is 0.933. The summed E-state index contributed by atoms with van der Waals surface area (Å²) in [5, 5.41) is 3.45. The van der Waals surface area contributed by atoms with Gasteiger partial charge in [-0.25, -0.2) is 0 Å². The number of piperazine rings is 1. The zero-order chi connectivity index (χ0) is 14.5. The second kappa shape index (κ2) is 7.81. The van der Waals surface area contributed by atoms with E-state index in [1.807, 2.05) is 16.7 Å². The zero-order valence-corrected chi connectivity index (χ0v) is 13.6. The maximum absolute atomic E-state index is 12.4. The molecular weight excluding hydrogens is 286 g/mol. The average Bonchev–Trinajstić information content (AvgIpc) is 3.02.